The third kappa shape index (κ3) is 11.7. The van der Waals surface area contributed by atoms with E-state index in [0.717, 1.165) is 57.1 Å². The van der Waals surface area contributed by atoms with Crippen molar-refractivity contribution < 1.29 is 55.0 Å². The molecule has 4 amide bonds. The molecule has 2 aliphatic rings. The maximum Gasteiger partial charge on any atom is 0.420 e. The van der Waals surface area contributed by atoms with Crippen molar-refractivity contribution in [2.75, 3.05) is 36.2 Å². The number of rotatable bonds is 17. The summed E-state index contributed by atoms with van der Waals surface area (Å²) in [5.41, 5.74) is -1.77. The Balaban J connectivity index is 0.867. The number of aryl methyl sites for hydroxylation is 1. The number of benzene rings is 3. The zero-order chi connectivity index (χ0) is 53.9. The van der Waals surface area contributed by atoms with Crippen molar-refractivity contribution in [3.8, 4) is 33.5 Å². The highest BCUT2D eigenvalue weighted by atomic mass is 32.1. The maximum absolute atomic E-state index is 15.7. The predicted molar refractivity (Wildman–Crippen MR) is 268 cm³/mol. The van der Waals surface area contributed by atoms with Crippen LogP contribution in [0, 0.1) is 41.1 Å². The molecule has 0 radical (unpaired) electrons. The third-order valence-electron chi connectivity index (χ3n) is 12.6. The molecule has 0 aliphatic carbocycles. The zero-order valence-electron chi connectivity index (χ0n) is 41.2. The third-order valence-corrected chi connectivity index (χ3v) is 13.9. The number of ether oxygens (including phenoxy) is 2. The number of thiazole rings is 1. The molecule has 2 saturated heterocycles. The number of unbranched alkanes of at least 4 members (excludes halogenated alkanes) is 1. The Labute approximate surface area is 432 Å². The van der Waals surface area contributed by atoms with Crippen LogP contribution < -0.4 is 25.2 Å². The van der Waals surface area contributed by atoms with E-state index in [1.54, 1.807) is 16.8 Å². The minimum atomic E-state index is -5.28. The molecule has 2 fully saturated rings. The molecule has 2 aliphatic heterocycles. The highest BCUT2D eigenvalue weighted by Gasteiger charge is 2.52. The summed E-state index contributed by atoms with van der Waals surface area (Å²) in [5, 5.41) is 14.5. The number of thiocarbonyl (C=S) groups is 1. The summed E-state index contributed by atoms with van der Waals surface area (Å²) in [7, 11) is 0. The van der Waals surface area contributed by atoms with Gasteiger partial charge in [0.2, 0.25) is 17.7 Å². The van der Waals surface area contributed by atoms with E-state index in [9.17, 15) is 32.3 Å². The fraction of sp³-hybridized carbons (Fsp3) is 0.385. The second-order valence-corrected chi connectivity index (χ2v) is 20.5. The minimum absolute atomic E-state index is 0.0169. The molecular formula is C52H52F6N8O6S2. The number of amides is 4. The van der Waals surface area contributed by atoms with Crippen LogP contribution in [0.1, 0.15) is 82.7 Å². The Morgan fingerprint density at radius 3 is 2.31 bits per heavy atom. The van der Waals surface area contributed by atoms with Crippen molar-refractivity contribution in [2.45, 2.75) is 97.6 Å². The van der Waals surface area contributed by atoms with Gasteiger partial charge in [-0.3, -0.25) is 29.1 Å². The lowest BCUT2D eigenvalue weighted by Crippen LogP contribution is -2.58. The van der Waals surface area contributed by atoms with Crippen molar-refractivity contribution in [2.24, 2.45) is 5.41 Å². The molecule has 14 nitrogen and oxygen atoms in total. The molecule has 2 aromatic heterocycles. The predicted octanol–water partition coefficient (Wildman–Crippen LogP) is 9.42. The van der Waals surface area contributed by atoms with Crippen molar-refractivity contribution >= 4 is 63.7 Å². The summed E-state index contributed by atoms with van der Waals surface area (Å²) in [6.07, 6.45) is -2.20. The normalized spacial score (nSPS) is 16.1. The first-order valence-electron chi connectivity index (χ1n) is 23.5. The maximum atomic E-state index is 15.7. The number of nitriles is 1. The van der Waals surface area contributed by atoms with Crippen LogP contribution in [0.2, 0.25) is 0 Å². The largest absolute Gasteiger partial charge is 0.491 e. The van der Waals surface area contributed by atoms with Gasteiger partial charge in [0.1, 0.15) is 35.5 Å². The Morgan fingerprint density at radius 1 is 0.973 bits per heavy atom. The molecule has 390 valence electrons. The zero-order valence-corrected chi connectivity index (χ0v) is 42.8. The topological polar surface area (TPSA) is 170 Å². The molecule has 1 unspecified atom stereocenters. The number of hydrogen-bond donors (Lipinski definition) is 2. The van der Waals surface area contributed by atoms with Gasteiger partial charge >= 0.3 is 6.18 Å². The SMILES string of the molecule is Cc1ncsc1-c1ccc(CNC(=O)[C@@H]2CCCN2C(=O)C(NC(=O)COCCCCOc2ccc(-c3ncc(N4C(=S)N(c5ccc(C#N)c(C(F)(F)F)c5F)C(=O)C4(C)C)cc3F)cc2F)C(C)(C)C)cc1. The highest BCUT2D eigenvalue weighted by molar-refractivity contribution is 7.81. The van der Waals surface area contributed by atoms with Crippen LogP contribution >= 0.6 is 23.6 Å². The van der Waals surface area contributed by atoms with Gasteiger partial charge in [0.15, 0.2) is 28.3 Å². The van der Waals surface area contributed by atoms with Gasteiger partial charge in [0.25, 0.3) is 5.91 Å². The number of halogens is 6. The number of pyridine rings is 1. The summed E-state index contributed by atoms with van der Waals surface area (Å²) in [5.74, 6) is -5.92. The van der Waals surface area contributed by atoms with Gasteiger partial charge in [-0.25, -0.2) is 18.2 Å². The molecule has 7 rings (SSSR count). The lowest BCUT2D eigenvalue weighted by Gasteiger charge is -2.35. The number of anilines is 2. The van der Waals surface area contributed by atoms with Gasteiger partial charge in [0, 0.05) is 31.3 Å². The van der Waals surface area contributed by atoms with E-state index in [1.165, 1.54) is 36.9 Å². The monoisotopic (exact) mass is 1060 g/mol. The quantitative estimate of drug-likeness (QED) is 0.0517. The number of nitrogens with zero attached hydrogens (tertiary/aromatic N) is 6. The van der Waals surface area contributed by atoms with Crippen molar-refractivity contribution in [1.29, 1.82) is 5.26 Å². The molecule has 22 heteroatoms. The fourth-order valence-corrected chi connectivity index (χ4v) is 10.0. The lowest BCUT2D eigenvalue weighted by molar-refractivity contribution is -0.144. The van der Waals surface area contributed by atoms with Gasteiger partial charge in [0.05, 0.1) is 51.9 Å². The number of carbonyl (C=O) groups is 4. The summed E-state index contributed by atoms with van der Waals surface area (Å²) < 4.78 is 99.0. The number of nitrogens with one attached hydrogen (secondary N) is 2. The Morgan fingerprint density at radius 2 is 1.68 bits per heavy atom. The first-order chi connectivity index (χ1) is 34.9. The van der Waals surface area contributed by atoms with Crippen molar-refractivity contribution in [1.82, 2.24) is 25.5 Å². The first kappa shape index (κ1) is 54.8. The van der Waals surface area contributed by atoms with Gasteiger partial charge in [-0.1, -0.05) is 45.0 Å². The lowest BCUT2D eigenvalue weighted by atomic mass is 9.85. The summed E-state index contributed by atoms with van der Waals surface area (Å²) in [6, 6.07) is 13.7. The van der Waals surface area contributed by atoms with Crippen molar-refractivity contribution in [3.05, 3.63) is 112 Å². The first-order valence-corrected chi connectivity index (χ1v) is 24.7. The van der Waals surface area contributed by atoms with Crippen LogP contribution in [0.15, 0.2) is 72.4 Å². The standard InChI is InChI=1S/C52H52F6N8O6S2/c1-29-44(74-28-62-29)31-13-11-30(12-14-31)25-61-46(68)38-10-9-19-64(38)47(69)45(50(2,3)4)63-40(67)27-71-20-7-8-21-72-39-18-16-32(22-35(39)53)43-36(54)23-34(26-60-43)66-49(73)65(48(70)51(66,5)6)37-17-15-33(24-59)41(42(37)55)52(56,57)58/h11-18,22-23,26,28,38,45H,7-10,19-21,25,27H2,1-6H3,(H,61,68)(H,63,67)/t38-,45?/m0/s1. The van der Waals surface area contributed by atoms with E-state index >= 15 is 13.2 Å². The second kappa shape index (κ2) is 22.3. The fourth-order valence-electron chi connectivity index (χ4n) is 8.71. The number of hydrogen-bond acceptors (Lipinski definition) is 11. The number of carbonyl (C=O) groups excluding carboxylic acids is 4. The van der Waals surface area contributed by atoms with Gasteiger partial charge in [-0.15, -0.1) is 11.3 Å². The Bertz CT molecular complexity index is 3010. The molecule has 0 spiro atoms. The highest BCUT2D eigenvalue weighted by Crippen LogP contribution is 2.42. The van der Waals surface area contributed by atoms with E-state index in [2.05, 4.69) is 20.6 Å². The van der Waals surface area contributed by atoms with Crippen LogP contribution in [0.25, 0.3) is 21.7 Å². The van der Waals surface area contributed by atoms with Crippen LogP contribution in [0.3, 0.4) is 0 Å². The Kier molecular flexibility index (Phi) is 16.5. The summed E-state index contributed by atoms with van der Waals surface area (Å²) in [6.45, 7) is 10.6. The number of alkyl halides is 3. The summed E-state index contributed by atoms with van der Waals surface area (Å²) >= 11 is 6.99. The molecule has 4 heterocycles. The number of likely N-dealkylation sites (tertiary alicyclic amines) is 1. The molecule has 5 aromatic rings. The molecule has 2 N–H and O–H groups in total. The second-order valence-electron chi connectivity index (χ2n) is 19.3. The average Bonchev–Trinajstić information content (AvgIpc) is 4.05. The molecule has 0 bridgehead atoms. The van der Waals surface area contributed by atoms with Crippen molar-refractivity contribution in [3.63, 3.8) is 0 Å². The average molecular weight is 1060 g/mol. The van der Waals surface area contributed by atoms with Gasteiger partial charge in [-0.05, 0) is 106 Å². The minimum Gasteiger partial charge on any atom is -0.491 e. The molecule has 3 aromatic carbocycles. The summed E-state index contributed by atoms with van der Waals surface area (Å²) in [4.78, 5) is 66.7. The van der Waals surface area contributed by atoms with E-state index in [0.29, 0.717) is 37.1 Å². The van der Waals surface area contributed by atoms with Crippen LogP contribution in [-0.2, 0) is 36.6 Å². The van der Waals surface area contributed by atoms with E-state index in [4.69, 9.17) is 27.0 Å². The van der Waals surface area contributed by atoms with Crippen LogP contribution in [-0.4, -0.2) is 87.6 Å². The molecule has 74 heavy (non-hydrogen) atoms. The van der Waals surface area contributed by atoms with Crippen LogP contribution in [0.5, 0.6) is 5.75 Å². The molecule has 0 saturated carbocycles. The Hall–Kier alpha value is -6.96. The van der Waals surface area contributed by atoms with Crippen LogP contribution in [0.4, 0.5) is 37.7 Å². The van der Waals surface area contributed by atoms with Gasteiger partial charge < -0.3 is 29.9 Å². The number of aromatic nitrogens is 2. The smallest absolute Gasteiger partial charge is 0.420 e. The van der Waals surface area contributed by atoms with E-state index < -0.39 is 80.4 Å². The van der Waals surface area contributed by atoms with E-state index in [-0.39, 0.29) is 60.9 Å². The van der Waals surface area contributed by atoms with E-state index in [1.807, 2.05) is 52.0 Å². The molecule has 2 atom stereocenters. The molecular weight excluding hydrogens is 1010 g/mol. The van der Waals surface area contributed by atoms with Gasteiger partial charge in [-0.2, -0.15) is 18.4 Å².